The molecule has 1 heterocycles. The quantitative estimate of drug-likeness (QED) is 0.273. The Labute approximate surface area is 190 Å². The number of nitrogens with one attached hydrogen (secondary N) is 2. The van der Waals surface area contributed by atoms with E-state index in [0.717, 1.165) is 50.7 Å². The molecule has 0 radical (unpaired) electrons. The Hall–Kier alpha value is -1.58. The van der Waals surface area contributed by atoms with Gasteiger partial charge in [-0.05, 0) is 37.1 Å². The van der Waals surface area contributed by atoms with Crippen LogP contribution >= 0.6 is 24.0 Å². The summed E-state index contributed by atoms with van der Waals surface area (Å²) < 4.78 is 13.1. The van der Waals surface area contributed by atoms with Gasteiger partial charge in [-0.25, -0.2) is 4.39 Å². The van der Waals surface area contributed by atoms with Gasteiger partial charge in [-0.15, -0.1) is 24.0 Å². The molecule has 1 aliphatic heterocycles. The second-order valence-corrected chi connectivity index (χ2v) is 7.55. The van der Waals surface area contributed by atoms with Gasteiger partial charge in [0.15, 0.2) is 5.96 Å². The maximum absolute atomic E-state index is 13.1. The summed E-state index contributed by atoms with van der Waals surface area (Å²) in [6.45, 7) is 4.72. The first-order valence-electron chi connectivity index (χ1n) is 10.4. The summed E-state index contributed by atoms with van der Waals surface area (Å²) in [6, 6.07) is 6.66. The van der Waals surface area contributed by atoms with Crippen LogP contribution in [0.4, 0.5) is 10.1 Å². The largest absolute Gasteiger partial charge is 0.368 e. The van der Waals surface area contributed by atoms with Crippen molar-refractivity contribution in [1.29, 1.82) is 0 Å². The second kappa shape index (κ2) is 12.2. The Kier molecular flexibility index (Phi) is 9.96. The highest BCUT2D eigenvalue weighted by atomic mass is 127. The number of benzene rings is 1. The van der Waals surface area contributed by atoms with Crippen molar-refractivity contribution in [2.75, 3.05) is 51.2 Å². The number of hydrogen-bond donors (Lipinski definition) is 2. The molecule has 6 nitrogen and oxygen atoms in total. The summed E-state index contributed by atoms with van der Waals surface area (Å²) in [5.41, 5.74) is 1.05. The first-order valence-corrected chi connectivity index (χ1v) is 10.4. The predicted octanol–water partition coefficient (Wildman–Crippen LogP) is 2.84. The average Bonchev–Trinajstić information content (AvgIpc) is 2.75. The molecule has 2 aliphatic rings. The fourth-order valence-corrected chi connectivity index (χ4v) is 4.03. The molecule has 3 rings (SSSR count). The minimum atomic E-state index is -0.206. The van der Waals surface area contributed by atoms with Gasteiger partial charge in [-0.3, -0.25) is 9.79 Å². The molecular formula is C21H33FIN5O. The van der Waals surface area contributed by atoms with E-state index in [9.17, 15) is 9.18 Å². The molecule has 1 saturated heterocycles. The van der Waals surface area contributed by atoms with Gasteiger partial charge in [0.05, 0.1) is 0 Å². The number of nitrogens with zero attached hydrogens (tertiary/aromatic N) is 3. The lowest BCUT2D eigenvalue weighted by Gasteiger charge is -2.37. The highest BCUT2D eigenvalue weighted by Gasteiger charge is 2.21. The van der Waals surface area contributed by atoms with Gasteiger partial charge in [-0.2, -0.15) is 0 Å². The number of halogens is 2. The van der Waals surface area contributed by atoms with E-state index in [2.05, 4.69) is 25.4 Å². The van der Waals surface area contributed by atoms with Crippen LogP contribution in [-0.2, 0) is 4.79 Å². The van der Waals surface area contributed by atoms with Crippen molar-refractivity contribution < 1.29 is 9.18 Å². The lowest BCUT2D eigenvalue weighted by molar-refractivity contribution is -0.125. The van der Waals surface area contributed by atoms with Gasteiger partial charge in [0.25, 0.3) is 0 Å². The van der Waals surface area contributed by atoms with Crippen molar-refractivity contribution in [3.8, 4) is 0 Å². The van der Waals surface area contributed by atoms with E-state index in [-0.39, 0.29) is 41.6 Å². The van der Waals surface area contributed by atoms with Crippen LogP contribution in [0.15, 0.2) is 29.3 Å². The third-order valence-electron chi connectivity index (χ3n) is 5.67. The summed E-state index contributed by atoms with van der Waals surface area (Å²) in [4.78, 5) is 21.1. The first-order chi connectivity index (χ1) is 13.7. The van der Waals surface area contributed by atoms with E-state index < -0.39 is 0 Å². The fraction of sp³-hybridized carbons (Fsp3) is 0.619. The van der Waals surface area contributed by atoms with Crippen molar-refractivity contribution in [2.24, 2.45) is 10.9 Å². The van der Waals surface area contributed by atoms with Gasteiger partial charge in [-0.1, -0.05) is 19.3 Å². The van der Waals surface area contributed by atoms with Crippen molar-refractivity contribution >= 4 is 41.5 Å². The molecule has 1 aromatic carbocycles. The number of anilines is 1. The Morgan fingerprint density at radius 3 is 2.28 bits per heavy atom. The smallest absolute Gasteiger partial charge is 0.223 e. The van der Waals surface area contributed by atoms with E-state index in [1.54, 1.807) is 7.05 Å². The molecule has 29 heavy (non-hydrogen) atoms. The Balaban J connectivity index is 0.00000300. The van der Waals surface area contributed by atoms with Gasteiger partial charge >= 0.3 is 0 Å². The van der Waals surface area contributed by atoms with Crippen molar-refractivity contribution in [3.05, 3.63) is 30.1 Å². The number of piperazine rings is 1. The van der Waals surface area contributed by atoms with E-state index in [1.807, 2.05) is 12.1 Å². The van der Waals surface area contributed by atoms with E-state index in [0.29, 0.717) is 13.1 Å². The highest BCUT2D eigenvalue weighted by Crippen LogP contribution is 2.23. The van der Waals surface area contributed by atoms with Crippen molar-refractivity contribution in [1.82, 2.24) is 15.5 Å². The van der Waals surface area contributed by atoms with Crippen LogP contribution in [0, 0.1) is 11.7 Å². The topological polar surface area (TPSA) is 60.0 Å². The minimum absolute atomic E-state index is 0. The third-order valence-corrected chi connectivity index (χ3v) is 5.67. The van der Waals surface area contributed by atoms with Gasteiger partial charge in [0.1, 0.15) is 5.82 Å². The monoisotopic (exact) mass is 517 g/mol. The normalized spacial score (nSPS) is 18.2. The molecule has 0 aromatic heterocycles. The van der Waals surface area contributed by atoms with E-state index in [4.69, 9.17) is 0 Å². The Bertz CT molecular complexity index is 656. The summed E-state index contributed by atoms with van der Waals surface area (Å²) in [7, 11) is 1.79. The average molecular weight is 517 g/mol. The van der Waals surface area contributed by atoms with Crippen LogP contribution in [-0.4, -0.2) is 63.1 Å². The van der Waals surface area contributed by atoms with Crippen LogP contribution in [0.3, 0.4) is 0 Å². The summed E-state index contributed by atoms with van der Waals surface area (Å²) in [5.74, 6) is 1.06. The molecule has 2 N–H and O–H groups in total. The summed E-state index contributed by atoms with van der Waals surface area (Å²) in [5, 5.41) is 6.41. The second-order valence-electron chi connectivity index (χ2n) is 7.55. The summed E-state index contributed by atoms with van der Waals surface area (Å²) >= 11 is 0. The lowest BCUT2D eigenvalue weighted by atomic mass is 9.89. The van der Waals surface area contributed by atoms with Gasteiger partial charge < -0.3 is 20.4 Å². The molecule has 1 amide bonds. The molecule has 0 bridgehead atoms. The molecule has 0 unspecified atom stereocenters. The maximum Gasteiger partial charge on any atom is 0.223 e. The molecule has 0 spiro atoms. The molecule has 1 aliphatic carbocycles. The van der Waals surface area contributed by atoms with Crippen LogP contribution in [0.25, 0.3) is 0 Å². The van der Waals surface area contributed by atoms with Gasteiger partial charge in [0, 0.05) is 57.9 Å². The minimum Gasteiger partial charge on any atom is -0.368 e. The molecular weight excluding hydrogens is 484 g/mol. The number of carbonyl (C=O) groups is 1. The number of aliphatic imine (C=N–C) groups is 1. The maximum atomic E-state index is 13.1. The van der Waals surface area contributed by atoms with Crippen molar-refractivity contribution in [2.45, 2.75) is 32.1 Å². The Morgan fingerprint density at radius 2 is 1.66 bits per heavy atom. The molecule has 0 atom stereocenters. The number of amides is 1. The third kappa shape index (κ3) is 7.01. The number of guanidine groups is 1. The fourth-order valence-electron chi connectivity index (χ4n) is 4.03. The van der Waals surface area contributed by atoms with E-state index >= 15 is 0 Å². The molecule has 8 heteroatoms. The highest BCUT2D eigenvalue weighted by molar-refractivity contribution is 14.0. The van der Waals surface area contributed by atoms with Crippen LogP contribution in [0.5, 0.6) is 0 Å². The van der Waals surface area contributed by atoms with Gasteiger partial charge in [0.2, 0.25) is 5.91 Å². The molecule has 1 saturated carbocycles. The van der Waals surface area contributed by atoms with Crippen LogP contribution < -0.4 is 15.5 Å². The molecule has 2 fully saturated rings. The van der Waals surface area contributed by atoms with Crippen LogP contribution in [0.1, 0.15) is 32.1 Å². The van der Waals surface area contributed by atoms with E-state index in [1.165, 1.54) is 31.4 Å². The van der Waals surface area contributed by atoms with Crippen LogP contribution in [0.2, 0.25) is 0 Å². The number of carbonyl (C=O) groups excluding carboxylic acids is 1. The first kappa shape index (κ1) is 23.7. The zero-order chi connectivity index (χ0) is 19.8. The number of rotatable bonds is 5. The zero-order valence-corrected chi connectivity index (χ0v) is 19.5. The molecule has 162 valence electrons. The molecule has 1 aromatic rings. The Morgan fingerprint density at radius 1 is 1.03 bits per heavy atom. The zero-order valence-electron chi connectivity index (χ0n) is 17.2. The standard InChI is InChI=1S/C21H32FN5O.HI/c1-23-21(25-12-11-24-20(28)17-5-3-2-4-6-17)27-15-13-26(14-16-27)19-9-7-18(22)8-10-19;/h7-10,17H,2-6,11-16H2,1H3,(H,23,25)(H,24,28);1H. The SMILES string of the molecule is CN=C(NCCNC(=O)C1CCCCC1)N1CCN(c2ccc(F)cc2)CC1.I. The van der Waals surface area contributed by atoms with Crippen molar-refractivity contribution in [3.63, 3.8) is 0 Å². The number of hydrogen-bond acceptors (Lipinski definition) is 3. The lowest BCUT2D eigenvalue weighted by Crippen LogP contribution is -2.53. The summed E-state index contributed by atoms with van der Waals surface area (Å²) in [6.07, 6.45) is 5.66. The predicted molar refractivity (Wildman–Crippen MR) is 127 cm³/mol.